The Morgan fingerprint density at radius 1 is 0.868 bits per heavy atom. The van der Waals surface area contributed by atoms with E-state index in [4.69, 9.17) is 9.47 Å². The number of benzene rings is 3. The summed E-state index contributed by atoms with van der Waals surface area (Å²) in [7, 11) is 0. The average Bonchev–Trinajstić information content (AvgIpc) is 2.92. The van der Waals surface area contributed by atoms with Crippen LogP contribution in [-0.4, -0.2) is 28.3 Å². The number of carbonyl (C=O) groups is 1. The van der Waals surface area contributed by atoms with Gasteiger partial charge in [0, 0.05) is 23.5 Å². The fourth-order valence-electron chi connectivity index (χ4n) is 5.14. The molecule has 194 valence electrons. The molecular weight excluding hydrogens is 474 g/mol. The molecule has 0 aliphatic carbocycles. The van der Waals surface area contributed by atoms with Gasteiger partial charge in [0.05, 0.1) is 12.2 Å². The van der Waals surface area contributed by atoms with E-state index in [2.05, 4.69) is 35.3 Å². The summed E-state index contributed by atoms with van der Waals surface area (Å²) >= 11 is 0. The van der Waals surface area contributed by atoms with Gasteiger partial charge in [0.2, 0.25) is 0 Å². The number of carboxylic acids is 1. The molecule has 4 aromatic rings. The molecule has 5 heteroatoms. The minimum atomic E-state index is -1.55. The van der Waals surface area contributed by atoms with Gasteiger partial charge in [-0.05, 0) is 104 Å². The van der Waals surface area contributed by atoms with Crippen molar-refractivity contribution in [1.29, 1.82) is 0 Å². The Morgan fingerprint density at radius 2 is 1.58 bits per heavy atom. The van der Waals surface area contributed by atoms with Crippen molar-refractivity contribution in [3.63, 3.8) is 0 Å². The van der Waals surface area contributed by atoms with Crippen LogP contribution in [0.4, 0.5) is 0 Å². The molecule has 1 unspecified atom stereocenters. The number of aryl methyl sites for hydroxylation is 1. The Balaban J connectivity index is 1.68. The van der Waals surface area contributed by atoms with E-state index in [-0.39, 0.29) is 0 Å². The maximum absolute atomic E-state index is 12.7. The van der Waals surface area contributed by atoms with Gasteiger partial charge < -0.3 is 14.6 Å². The molecule has 3 aromatic carbocycles. The monoisotopic (exact) mass is 507 g/mol. The Labute approximate surface area is 224 Å². The fourth-order valence-corrected chi connectivity index (χ4v) is 5.14. The lowest BCUT2D eigenvalue weighted by Gasteiger charge is -2.35. The van der Waals surface area contributed by atoms with E-state index >= 15 is 0 Å². The molecule has 0 amide bonds. The number of aromatic nitrogens is 1. The number of nitrogens with zero attached hydrogens (tertiary/aromatic N) is 1. The Bertz CT molecular complexity index is 1470. The van der Waals surface area contributed by atoms with Crippen LogP contribution in [0.2, 0.25) is 0 Å². The van der Waals surface area contributed by atoms with E-state index < -0.39 is 17.2 Å². The summed E-state index contributed by atoms with van der Waals surface area (Å²) < 4.78 is 12.1. The van der Waals surface area contributed by atoms with Crippen molar-refractivity contribution in [3.8, 4) is 39.1 Å². The molecule has 2 heterocycles. The Morgan fingerprint density at radius 3 is 2.29 bits per heavy atom. The zero-order valence-corrected chi connectivity index (χ0v) is 22.3. The summed E-state index contributed by atoms with van der Waals surface area (Å²) in [4.78, 5) is 17.0. The van der Waals surface area contributed by atoms with E-state index in [1.54, 1.807) is 13.1 Å². The van der Waals surface area contributed by atoms with Gasteiger partial charge in [-0.2, -0.15) is 0 Å². The normalized spacial score (nSPS) is 14.7. The van der Waals surface area contributed by atoms with Gasteiger partial charge >= 0.3 is 5.97 Å². The lowest BCUT2D eigenvalue weighted by molar-refractivity contribution is -0.183. The van der Waals surface area contributed by atoms with Crippen LogP contribution in [0, 0.1) is 0 Å². The molecule has 0 saturated carbocycles. The molecule has 1 aliphatic heterocycles. The lowest BCUT2D eigenvalue weighted by Crippen LogP contribution is -2.42. The predicted octanol–water partition coefficient (Wildman–Crippen LogP) is 7.52. The maximum atomic E-state index is 12.7. The number of rotatable bonds is 6. The zero-order valence-electron chi connectivity index (χ0n) is 22.3. The second-order valence-corrected chi connectivity index (χ2v) is 10.9. The second-order valence-electron chi connectivity index (χ2n) is 10.9. The van der Waals surface area contributed by atoms with Crippen LogP contribution in [-0.2, 0) is 21.6 Å². The first kappa shape index (κ1) is 25.7. The van der Waals surface area contributed by atoms with E-state index in [1.807, 2.05) is 69.4 Å². The topological polar surface area (TPSA) is 68.7 Å². The molecule has 0 bridgehead atoms. The van der Waals surface area contributed by atoms with E-state index in [0.29, 0.717) is 5.56 Å². The van der Waals surface area contributed by atoms with Crippen LogP contribution in [0.5, 0.6) is 5.75 Å². The van der Waals surface area contributed by atoms with Gasteiger partial charge in [0.15, 0.2) is 5.60 Å². The molecule has 1 atom stereocenters. The standard InChI is InChI=1S/C33H33NO4/c1-32(2,3)38-33(4,31(35)36)29-14-12-24(22-8-5-9-23(18-22)27-10-6-16-34-21-27)20-28(29)25-13-15-30-26(19-25)11-7-17-37-30/h5-6,8-10,12-16,18-21H,7,11,17H2,1-4H3,(H,35,36). The largest absolute Gasteiger partial charge is 0.493 e. The molecule has 1 aliphatic rings. The molecule has 5 rings (SSSR count). The van der Waals surface area contributed by atoms with Crippen LogP contribution >= 0.6 is 0 Å². The SMILES string of the molecule is CC(C)(C)OC(C)(C(=O)O)c1ccc(-c2cccc(-c3cccnc3)c2)cc1-c1ccc2c(c1)CCCO2. The van der Waals surface area contributed by atoms with E-state index in [1.165, 1.54) is 0 Å². The van der Waals surface area contributed by atoms with Gasteiger partial charge in [-0.1, -0.05) is 42.5 Å². The smallest absolute Gasteiger partial charge is 0.340 e. The van der Waals surface area contributed by atoms with E-state index in [0.717, 1.165) is 64.1 Å². The third-order valence-corrected chi connectivity index (χ3v) is 6.86. The number of hydrogen-bond donors (Lipinski definition) is 1. The molecule has 5 nitrogen and oxygen atoms in total. The van der Waals surface area contributed by atoms with Crippen molar-refractivity contribution in [2.75, 3.05) is 6.61 Å². The van der Waals surface area contributed by atoms with Crippen LogP contribution in [0.15, 0.2) is 85.2 Å². The Kier molecular flexibility index (Phi) is 6.80. The van der Waals surface area contributed by atoms with Gasteiger partial charge in [-0.3, -0.25) is 4.98 Å². The predicted molar refractivity (Wildman–Crippen MR) is 150 cm³/mol. The molecule has 0 radical (unpaired) electrons. The summed E-state index contributed by atoms with van der Waals surface area (Å²) in [6.45, 7) is 7.99. The van der Waals surface area contributed by atoms with Crippen LogP contribution in [0.3, 0.4) is 0 Å². The maximum Gasteiger partial charge on any atom is 0.340 e. The number of aliphatic carboxylic acids is 1. The lowest BCUT2D eigenvalue weighted by atomic mass is 9.84. The minimum absolute atomic E-state index is 0.615. The third kappa shape index (κ3) is 5.20. The summed E-state index contributed by atoms with van der Waals surface area (Å²) in [5, 5.41) is 10.4. The van der Waals surface area contributed by atoms with Gasteiger partial charge in [0.25, 0.3) is 0 Å². The van der Waals surface area contributed by atoms with Gasteiger partial charge in [0.1, 0.15) is 5.75 Å². The average molecular weight is 508 g/mol. The molecule has 0 fully saturated rings. The second kappa shape index (κ2) is 10.1. The minimum Gasteiger partial charge on any atom is -0.493 e. The fraction of sp³-hybridized carbons (Fsp3) is 0.273. The summed E-state index contributed by atoms with van der Waals surface area (Å²) in [5.41, 5.74) is 5.45. The Hall–Kier alpha value is -3.96. The molecule has 1 aromatic heterocycles. The van der Waals surface area contributed by atoms with Crippen molar-refractivity contribution in [2.45, 2.75) is 51.7 Å². The number of carboxylic acid groups (broad SMARTS) is 1. The van der Waals surface area contributed by atoms with E-state index in [9.17, 15) is 9.90 Å². The summed E-state index contributed by atoms with van der Waals surface area (Å²) in [6.07, 6.45) is 5.51. The quantitative estimate of drug-likeness (QED) is 0.292. The highest BCUT2D eigenvalue weighted by Crippen LogP contribution is 2.41. The van der Waals surface area contributed by atoms with Crippen LogP contribution in [0.25, 0.3) is 33.4 Å². The first-order valence-electron chi connectivity index (χ1n) is 13.0. The highest BCUT2D eigenvalue weighted by molar-refractivity contribution is 5.86. The number of pyridine rings is 1. The molecule has 38 heavy (non-hydrogen) atoms. The van der Waals surface area contributed by atoms with Crippen molar-refractivity contribution >= 4 is 5.97 Å². The van der Waals surface area contributed by atoms with Crippen molar-refractivity contribution in [3.05, 3.63) is 96.3 Å². The highest BCUT2D eigenvalue weighted by Gasteiger charge is 2.42. The molecule has 0 saturated heterocycles. The number of hydrogen-bond acceptors (Lipinski definition) is 4. The number of fused-ring (bicyclic) bond motifs is 1. The highest BCUT2D eigenvalue weighted by atomic mass is 16.5. The molecule has 0 spiro atoms. The summed E-state index contributed by atoms with van der Waals surface area (Å²) in [5.74, 6) is -0.130. The van der Waals surface area contributed by atoms with Crippen molar-refractivity contribution in [2.24, 2.45) is 0 Å². The van der Waals surface area contributed by atoms with Gasteiger partial charge in [-0.25, -0.2) is 4.79 Å². The first-order valence-corrected chi connectivity index (χ1v) is 13.0. The number of ether oxygens (including phenoxy) is 2. The van der Waals surface area contributed by atoms with Crippen molar-refractivity contribution < 1.29 is 19.4 Å². The molecule has 1 N–H and O–H groups in total. The van der Waals surface area contributed by atoms with Crippen molar-refractivity contribution in [1.82, 2.24) is 4.98 Å². The first-order chi connectivity index (χ1) is 18.1. The van der Waals surface area contributed by atoms with Crippen LogP contribution < -0.4 is 4.74 Å². The van der Waals surface area contributed by atoms with Gasteiger partial charge in [-0.15, -0.1) is 0 Å². The summed E-state index contributed by atoms with van der Waals surface area (Å²) in [6, 6.07) is 24.4. The zero-order chi connectivity index (χ0) is 26.9. The third-order valence-electron chi connectivity index (χ3n) is 6.86. The van der Waals surface area contributed by atoms with Crippen LogP contribution in [0.1, 0.15) is 45.2 Å². The molecular formula is C33H33NO4.